The number of imidazole rings is 1. The molecule has 0 spiro atoms. The van der Waals surface area contributed by atoms with Crippen molar-refractivity contribution < 1.29 is 4.79 Å². The number of piperazine rings is 1. The highest BCUT2D eigenvalue weighted by Gasteiger charge is 2.32. The van der Waals surface area contributed by atoms with Gasteiger partial charge in [-0.2, -0.15) is 0 Å². The summed E-state index contributed by atoms with van der Waals surface area (Å²) in [6.45, 7) is 6.11. The Balaban J connectivity index is 1.68. The maximum Gasteiger partial charge on any atom is 0.242 e. The molecular formula is C19H21N5O. The highest BCUT2D eigenvalue weighted by Crippen LogP contribution is 2.27. The zero-order chi connectivity index (χ0) is 17.4. The smallest absolute Gasteiger partial charge is 0.242 e. The van der Waals surface area contributed by atoms with Crippen molar-refractivity contribution in [3.63, 3.8) is 0 Å². The van der Waals surface area contributed by atoms with Crippen molar-refractivity contribution in [2.45, 2.75) is 26.4 Å². The lowest BCUT2D eigenvalue weighted by Gasteiger charge is -2.35. The van der Waals surface area contributed by atoms with Crippen molar-refractivity contribution in [1.82, 2.24) is 25.2 Å². The zero-order valence-electron chi connectivity index (χ0n) is 14.4. The molecule has 1 aliphatic heterocycles. The molecule has 3 aromatic rings. The van der Waals surface area contributed by atoms with Crippen molar-refractivity contribution in [1.29, 1.82) is 0 Å². The number of nitrogens with one attached hydrogen (secondary N) is 2. The Bertz CT molecular complexity index is 932. The van der Waals surface area contributed by atoms with Gasteiger partial charge in [0.2, 0.25) is 5.91 Å². The Morgan fingerprint density at radius 2 is 2.04 bits per heavy atom. The van der Waals surface area contributed by atoms with Crippen LogP contribution in [-0.2, 0) is 11.3 Å². The normalized spacial score (nSPS) is 18.5. The average molecular weight is 335 g/mol. The van der Waals surface area contributed by atoms with Gasteiger partial charge in [-0.3, -0.25) is 9.69 Å². The average Bonchev–Trinajstić information content (AvgIpc) is 3.00. The molecule has 1 unspecified atom stereocenters. The van der Waals surface area contributed by atoms with Crippen LogP contribution < -0.4 is 5.32 Å². The molecule has 2 N–H and O–H groups in total. The number of carbonyl (C=O) groups is 1. The number of benzene rings is 1. The number of hydrogen-bond acceptors (Lipinski definition) is 4. The molecule has 2 aromatic heterocycles. The third-order valence-corrected chi connectivity index (χ3v) is 4.80. The quantitative estimate of drug-likeness (QED) is 0.770. The molecule has 0 saturated carbocycles. The summed E-state index contributed by atoms with van der Waals surface area (Å²) < 4.78 is 0. The second kappa shape index (κ2) is 6.29. The molecule has 0 aliphatic carbocycles. The van der Waals surface area contributed by atoms with Crippen LogP contribution in [0.3, 0.4) is 0 Å². The zero-order valence-corrected chi connectivity index (χ0v) is 14.4. The van der Waals surface area contributed by atoms with Crippen molar-refractivity contribution in [3.05, 3.63) is 59.0 Å². The minimum absolute atomic E-state index is 0.0472. The minimum Gasteiger partial charge on any atom is -0.353 e. The third kappa shape index (κ3) is 2.89. The molecule has 1 aliphatic rings. The van der Waals surface area contributed by atoms with Crippen LogP contribution in [0.1, 0.15) is 28.6 Å². The topological polar surface area (TPSA) is 73.9 Å². The Hall–Kier alpha value is -2.73. The van der Waals surface area contributed by atoms with Gasteiger partial charge in [-0.25, -0.2) is 9.97 Å². The summed E-state index contributed by atoms with van der Waals surface area (Å²) in [6.07, 6.45) is 1.77. The maximum atomic E-state index is 12.6. The number of rotatable bonds is 3. The van der Waals surface area contributed by atoms with Crippen LogP contribution in [0.2, 0.25) is 0 Å². The largest absolute Gasteiger partial charge is 0.353 e. The number of nitrogens with zero attached hydrogens (tertiary/aromatic N) is 3. The standard InChI is InChI=1S/C19H21N5O/c1-12-5-3-4-6-14(12)17-19(25)21-9-10-24(17)11-15-22-16-13(2)7-8-20-18(16)23-15/h3-8,17H,9-11H2,1-2H3,(H,21,25)(H,20,22,23). The molecule has 1 saturated heterocycles. The van der Waals surface area contributed by atoms with E-state index >= 15 is 0 Å². The predicted molar refractivity (Wildman–Crippen MR) is 96.0 cm³/mol. The van der Waals surface area contributed by atoms with Crippen LogP contribution in [0.15, 0.2) is 36.5 Å². The molecule has 25 heavy (non-hydrogen) atoms. The van der Waals surface area contributed by atoms with E-state index in [0.29, 0.717) is 13.1 Å². The van der Waals surface area contributed by atoms with E-state index in [1.165, 1.54) is 0 Å². The van der Waals surface area contributed by atoms with E-state index in [2.05, 4.69) is 25.2 Å². The molecule has 4 rings (SSSR count). The number of hydrogen-bond donors (Lipinski definition) is 2. The van der Waals surface area contributed by atoms with Crippen LogP contribution in [0, 0.1) is 13.8 Å². The van der Waals surface area contributed by atoms with Gasteiger partial charge in [-0.05, 0) is 36.6 Å². The lowest BCUT2D eigenvalue weighted by atomic mass is 9.98. The number of aromatic nitrogens is 3. The van der Waals surface area contributed by atoms with Crippen molar-refractivity contribution >= 4 is 17.1 Å². The molecule has 0 bridgehead atoms. The molecule has 6 nitrogen and oxygen atoms in total. The molecule has 1 amide bonds. The summed E-state index contributed by atoms with van der Waals surface area (Å²) in [7, 11) is 0. The number of pyridine rings is 1. The molecule has 1 fully saturated rings. The Morgan fingerprint density at radius 3 is 2.84 bits per heavy atom. The summed E-state index contributed by atoms with van der Waals surface area (Å²) >= 11 is 0. The van der Waals surface area contributed by atoms with Gasteiger partial charge in [0.15, 0.2) is 5.65 Å². The van der Waals surface area contributed by atoms with Gasteiger partial charge in [-0.1, -0.05) is 24.3 Å². The van der Waals surface area contributed by atoms with Crippen LogP contribution in [0.4, 0.5) is 0 Å². The fourth-order valence-electron chi connectivity index (χ4n) is 3.47. The van der Waals surface area contributed by atoms with Crippen molar-refractivity contribution in [3.8, 4) is 0 Å². The monoisotopic (exact) mass is 335 g/mol. The van der Waals surface area contributed by atoms with E-state index in [1.54, 1.807) is 6.20 Å². The summed E-state index contributed by atoms with van der Waals surface area (Å²) in [5.74, 6) is 0.885. The van der Waals surface area contributed by atoms with Gasteiger partial charge in [0.05, 0.1) is 12.1 Å². The summed E-state index contributed by atoms with van der Waals surface area (Å²) in [5.41, 5.74) is 4.98. The summed E-state index contributed by atoms with van der Waals surface area (Å²) in [4.78, 5) is 27.0. The Kier molecular flexibility index (Phi) is 3.97. The lowest BCUT2D eigenvalue weighted by molar-refractivity contribution is -0.129. The second-order valence-electron chi connectivity index (χ2n) is 6.53. The van der Waals surface area contributed by atoms with Crippen molar-refractivity contribution in [2.24, 2.45) is 0 Å². The lowest BCUT2D eigenvalue weighted by Crippen LogP contribution is -2.49. The van der Waals surface area contributed by atoms with E-state index < -0.39 is 0 Å². The molecule has 1 aromatic carbocycles. The number of fused-ring (bicyclic) bond motifs is 1. The van der Waals surface area contributed by atoms with Gasteiger partial charge in [0, 0.05) is 19.3 Å². The fourth-order valence-corrected chi connectivity index (χ4v) is 3.47. The summed E-state index contributed by atoms with van der Waals surface area (Å²) in [6, 6.07) is 9.73. The van der Waals surface area contributed by atoms with Crippen LogP contribution in [0.5, 0.6) is 0 Å². The van der Waals surface area contributed by atoms with Gasteiger partial charge in [0.25, 0.3) is 0 Å². The minimum atomic E-state index is -0.294. The first-order chi connectivity index (χ1) is 12.1. The highest BCUT2D eigenvalue weighted by atomic mass is 16.2. The number of aromatic amines is 1. The van der Waals surface area contributed by atoms with Gasteiger partial charge in [-0.15, -0.1) is 0 Å². The van der Waals surface area contributed by atoms with E-state index in [4.69, 9.17) is 0 Å². The van der Waals surface area contributed by atoms with E-state index in [-0.39, 0.29) is 11.9 Å². The van der Waals surface area contributed by atoms with Gasteiger partial charge in [0.1, 0.15) is 11.9 Å². The number of aryl methyl sites for hydroxylation is 2. The highest BCUT2D eigenvalue weighted by molar-refractivity contribution is 5.84. The maximum absolute atomic E-state index is 12.6. The summed E-state index contributed by atoms with van der Waals surface area (Å²) in [5, 5.41) is 2.99. The van der Waals surface area contributed by atoms with Crippen LogP contribution in [0.25, 0.3) is 11.2 Å². The van der Waals surface area contributed by atoms with E-state index in [0.717, 1.165) is 40.2 Å². The number of H-pyrrole nitrogens is 1. The van der Waals surface area contributed by atoms with Crippen molar-refractivity contribution in [2.75, 3.05) is 13.1 Å². The molecule has 6 heteroatoms. The predicted octanol–water partition coefficient (Wildman–Crippen LogP) is 2.25. The number of carbonyl (C=O) groups excluding carboxylic acids is 1. The van der Waals surface area contributed by atoms with Gasteiger partial charge >= 0.3 is 0 Å². The SMILES string of the molecule is Cc1ccccc1C1C(=O)NCCN1Cc1nc2nccc(C)c2[nH]1. The molecule has 0 radical (unpaired) electrons. The molecule has 3 heterocycles. The first-order valence-corrected chi connectivity index (χ1v) is 8.51. The Morgan fingerprint density at radius 1 is 1.20 bits per heavy atom. The first-order valence-electron chi connectivity index (χ1n) is 8.51. The van der Waals surface area contributed by atoms with Crippen LogP contribution >= 0.6 is 0 Å². The third-order valence-electron chi connectivity index (χ3n) is 4.80. The Labute approximate surface area is 146 Å². The van der Waals surface area contributed by atoms with Gasteiger partial charge < -0.3 is 10.3 Å². The van der Waals surface area contributed by atoms with E-state index in [1.807, 2.05) is 44.2 Å². The molecule has 1 atom stereocenters. The first kappa shape index (κ1) is 15.8. The molecule has 128 valence electrons. The van der Waals surface area contributed by atoms with Crippen LogP contribution in [-0.4, -0.2) is 38.8 Å². The fraction of sp³-hybridized carbons (Fsp3) is 0.316. The number of amides is 1. The second-order valence-corrected chi connectivity index (χ2v) is 6.53. The van der Waals surface area contributed by atoms with E-state index in [9.17, 15) is 4.79 Å². The molecular weight excluding hydrogens is 314 g/mol.